The van der Waals surface area contributed by atoms with Crippen LogP contribution in [0.5, 0.6) is 0 Å². The Morgan fingerprint density at radius 3 is 1.48 bits per heavy atom. The minimum atomic E-state index is -5.47. The van der Waals surface area contributed by atoms with Gasteiger partial charge in [-0.2, -0.15) is 22.0 Å². The molecular weight excluding hydrogens is 318 g/mol. The van der Waals surface area contributed by atoms with E-state index in [1.807, 2.05) is 0 Å². The summed E-state index contributed by atoms with van der Waals surface area (Å²) >= 11 is 0. The van der Waals surface area contributed by atoms with Crippen LogP contribution in [-0.4, -0.2) is 28.0 Å². The molecule has 9 heteroatoms. The van der Waals surface area contributed by atoms with Crippen molar-refractivity contribution >= 4 is 7.60 Å². The summed E-state index contributed by atoms with van der Waals surface area (Å²) in [7, 11) is -3.93. The van der Waals surface area contributed by atoms with E-state index in [9.17, 15) is 26.5 Å². The Hall–Kier alpha value is -0.200. The summed E-state index contributed by atoms with van der Waals surface area (Å²) in [4.78, 5) is 17.2. The van der Waals surface area contributed by atoms with Crippen molar-refractivity contribution in [1.29, 1.82) is 0 Å². The number of rotatable bonds is 11. The van der Waals surface area contributed by atoms with Gasteiger partial charge in [-0.15, -0.1) is 0 Å². The lowest BCUT2D eigenvalue weighted by Gasteiger charge is -2.19. The van der Waals surface area contributed by atoms with Crippen molar-refractivity contribution in [2.75, 3.05) is 6.16 Å². The van der Waals surface area contributed by atoms with E-state index in [1.54, 1.807) is 0 Å². The summed E-state index contributed by atoms with van der Waals surface area (Å²) in [5, 5.41) is 0. The van der Waals surface area contributed by atoms with Crippen LogP contribution < -0.4 is 0 Å². The van der Waals surface area contributed by atoms with E-state index in [0.717, 1.165) is 19.3 Å². The molecule has 0 rings (SSSR count). The second kappa shape index (κ2) is 9.06. The Balaban J connectivity index is 3.44. The molecule has 0 aromatic carbocycles. The summed E-state index contributed by atoms with van der Waals surface area (Å²) in [6.45, 7) is 0. The van der Waals surface area contributed by atoms with Crippen LogP contribution in [0.25, 0.3) is 0 Å². The minimum Gasteiger partial charge on any atom is -0.324 e. The molecule has 0 aliphatic heterocycles. The highest BCUT2D eigenvalue weighted by molar-refractivity contribution is 7.51. The SMILES string of the molecule is O=P(O)(O)CCCCCCCCCCC(F)(F)C(F)(F)F. The average Bonchev–Trinajstić information content (AvgIpc) is 2.28. The summed E-state index contributed by atoms with van der Waals surface area (Å²) in [6.07, 6.45) is -2.61. The molecule has 3 nitrogen and oxygen atoms in total. The molecule has 0 atom stereocenters. The van der Waals surface area contributed by atoms with Gasteiger partial charge in [0, 0.05) is 12.6 Å². The van der Waals surface area contributed by atoms with Gasteiger partial charge >= 0.3 is 19.7 Å². The molecule has 0 saturated carbocycles. The van der Waals surface area contributed by atoms with Gasteiger partial charge in [-0.1, -0.05) is 38.5 Å². The largest absolute Gasteiger partial charge is 0.453 e. The summed E-state index contributed by atoms with van der Waals surface area (Å²) in [5.41, 5.74) is 0. The first kappa shape index (κ1) is 20.8. The lowest BCUT2D eigenvalue weighted by atomic mass is 10.1. The van der Waals surface area contributed by atoms with Crippen molar-refractivity contribution in [3.05, 3.63) is 0 Å². The van der Waals surface area contributed by atoms with Gasteiger partial charge in [0.05, 0.1) is 0 Å². The fourth-order valence-electron chi connectivity index (χ4n) is 1.87. The van der Waals surface area contributed by atoms with Crippen molar-refractivity contribution in [3.8, 4) is 0 Å². The zero-order chi connectivity index (χ0) is 16.6. The maximum Gasteiger partial charge on any atom is 0.453 e. The van der Waals surface area contributed by atoms with Crippen molar-refractivity contribution in [2.45, 2.75) is 69.9 Å². The fourth-order valence-corrected chi connectivity index (χ4v) is 2.50. The third-order valence-corrected chi connectivity index (χ3v) is 4.00. The standard InChI is InChI=1S/C12H22F5O3P/c13-11(14,12(15,16)17)9-7-5-3-1-2-4-6-8-10-21(18,19)20/h1-10H2,(H2,18,19,20). The van der Waals surface area contributed by atoms with Gasteiger partial charge in [-0.25, -0.2) is 0 Å². The number of alkyl halides is 5. The second-order valence-electron chi connectivity index (χ2n) is 5.17. The van der Waals surface area contributed by atoms with E-state index in [4.69, 9.17) is 9.79 Å². The Labute approximate surface area is 121 Å². The quantitative estimate of drug-likeness (QED) is 0.320. The Morgan fingerprint density at radius 2 is 1.10 bits per heavy atom. The number of halogens is 5. The van der Waals surface area contributed by atoms with E-state index in [2.05, 4.69) is 0 Å². The molecule has 0 aromatic rings. The highest BCUT2D eigenvalue weighted by atomic mass is 31.2. The monoisotopic (exact) mass is 340 g/mol. The molecular formula is C12H22F5O3P. The van der Waals surface area contributed by atoms with Gasteiger partial charge in [0.25, 0.3) is 0 Å². The topological polar surface area (TPSA) is 57.5 Å². The van der Waals surface area contributed by atoms with Crippen LogP contribution in [0.4, 0.5) is 22.0 Å². The highest BCUT2D eigenvalue weighted by Gasteiger charge is 2.56. The lowest BCUT2D eigenvalue weighted by Crippen LogP contribution is -2.36. The Kier molecular flexibility index (Phi) is 8.97. The lowest BCUT2D eigenvalue weighted by molar-refractivity contribution is -0.284. The van der Waals surface area contributed by atoms with Crippen molar-refractivity contribution in [3.63, 3.8) is 0 Å². The van der Waals surface area contributed by atoms with Crippen LogP contribution in [0.1, 0.15) is 57.8 Å². The van der Waals surface area contributed by atoms with Gasteiger partial charge in [0.2, 0.25) is 0 Å². The molecule has 2 N–H and O–H groups in total. The van der Waals surface area contributed by atoms with E-state index in [0.29, 0.717) is 25.7 Å². The second-order valence-corrected chi connectivity index (χ2v) is 6.95. The van der Waals surface area contributed by atoms with E-state index in [1.165, 1.54) is 0 Å². The first-order valence-electron chi connectivity index (χ1n) is 6.95. The van der Waals surface area contributed by atoms with Crippen LogP contribution in [0, 0.1) is 0 Å². The van der Waals surface area contributed by atoms with Gasteiger partial charge in [0.1, 0.15) is 0 Å². The molecule has 0 fully saturated rings. The van der Waals surface area contributed by atoms with Gasteiger partial charge in [-0.3, -0.25) is 4.57 Å². The molecule has 21 heavy (non-hydrogen) atoms. The predicted molar refractivity (Wildman–Crippen MR) is 69.5 cm³/mol. The van der Waals surface area contributed by atoms with Crippen LogP contribution in [0.15, 0.2) is 0 Å². The minimum absolute atomic E-state index is 0.139. The molecule has 0 amide bonds. The van der Waals surface area contributed by atoms with E-state index in [-0.39, 0.29) is 12.6 Å². The van der Waals surface area contributed by atoms with Crippen molar-refractivity contribution in [2.24, 2.45) is 0 Å². The third kappa shape index (κ3) is 11.1. The number of hydrogen-bond acceptors (Lipinski definition) is 1. The van der Waals surface area contributed by atoms with E-state index < -0.39 is 26.1 Å². The molecule has 0 aliphatic carbocycles. The molecule has 0 aliphatic rings. The smallest absolute Gasteiger partial charge is 0.324 e. The maximum atomic E-state index is 12.6. The molecule has 0 aromatic heterocycles. The number of unbranched alkanes of at least 4 members (excludes halogenated alkanes) is 7. The molecule has 0 radical (unpaired) electrons. The van der Waals surface area contributed by atoms with Crippen LogP contribution in [-0.2, 0) is 4.57 Å². The van der Waals surface area contributed by atoms with Gasteiger partial charge in [-0.05, 0) is 12.8 Å². The van der Waals surface area contributed by atoms with Crippen molar-refractivity contribution in [1.82, 2.24) is 0 Å². The third-order valence-electron chi connectivity index (χ3n) is 3.10. The average molecular weight is 340 g/mol. The molecule has 0 saturated heterocycles. The maximum absolute atomic E-state index is 12.6. The van der Waals surface area contributed by atoms with Crippen LogP contribution in [0.2, 0.25) is 0 Å². The Bertz CT molecular complexity index is 327. The Morgan fingerprint density at radius 1 is 0.714 bits per heavy atom. The highest BCUT2D eigenvalue weighted by Crippen LogP contribution is 2.39. The fraction of sp³-hybridized carbons (Fsp3) is 1.00. The summed E-state index contributed by atoms with van der Waals surface area (Å²) in [6, 6.07) is 0. The first-order valence-corrected chi connectivity index (χ1v) is 8.74. The van der Waals surface area contributed by atoms with Gasteiger partial charge in [0.15, 0.2) is 0 Å². The summed E-state index contributed by atoms with van der Waals surface area (Å²) < 4.78 is 71.2. The molecule has 0 bridgehead atoms. The number of hydrogen-bond donors (Lipinski definition) is 2. The molecule has 128 valence electrons. The zero-order valence-corrected chi connectivity index (χ0v) is 12.6. The molecule has 0 unspecified atom stereocenters. The summed E-state index contributed by atoms with van der Waals surface area (Å²) in [5.74, 6) is -4.60. The molecule has 0 spiro atoms. The first-order chi connectivity index (χ1) is 9.46. The molecule has 0 heterocycles. The van der Waals surface area contributed by atoms with Gasteiger partial charge < -0.3 is 9.79 Å². The van der Waals surface area contributed by atoms with Crippen LogP contribution >= 0.6 is 7.60 Å². The normalized spacial score (nSPS) is 13.7. The zero-order valence-electron chi connectivity index (χ0n) is 11.7. The van der Waals surface area contributed by atoms with Crippen molar-refractivity contribution < 1.29 is 36.3 Å². The van der Waals surface area contributed by atoms with E-state index >= 15 is 0 Å². The van der Waals surface area contributed by atoms with Crippen LogP contribution in [0.3, 0.4) is 0 Å². The predicted octanol–water partition coefficient (Wildman–Crippen LogP) is 4.87.